The summed E-state index contributed by atoms with van der Waals surface area (Å²) in [6.45, 7) is 1.95. The summed E-state index contributed by atoms with van der Waals surface area (Å²) in [5, 5.41) is 5.76. The van der Waals surface area contributed by atoms with Crippen molar-refractivity contribution in [3.05, 3.63) is 59.1 Å². The topological polar surface area (TPSA) is 60.5 Å². The van der Waals surface area contributed by atoms with Gasteiger partial charge in [-0.3, -0.25) is 4.79 Å². The molecule has 0 fully saturated rings. The van der Waals surface area contributed by atoms with Crippen LogP contribution in [-0.2, 0) is 0 Å². The second-order valence-electron chi connectivity index (χ2n) is 5.40. The number of ether oxygens (including phenoxy) is 2. The number of benzene rings is 2. The zero-order valence-electron chi connectivity index (χ0n) is 14.2. The Hall–Kier alpha value is -2.86. The molecule has 5 nitrogen and oxygen atoms in total. The lowest BCUT2D eigenvalue weighted by molar-refractivity contribution is 0.102. The van der Waals surface area contributed by atoms with Crippen LogP contribution >= 0.6 is 11.3 Å². The van der Waals surface area contributed by atoms with Crippen LogP contribution in [0.3, 0.4) is 0 Å². The highest BCUT2D eigenvalue weighted by atomic mass is 32.1. The maximum atomic E-state index is 12.6. The van der Waals surface area contributed by atoms with E-state index in [4.69, 9.17) is 9.47 Å². The third-order valence-electron chi connectivity index (χ3n) is 3.65. The number of anilines is 1. The van der Waals surface area contributed by atoms with Gasteiger partial charge in [-0.25, -0.2) is 4.98 Å². The largest absolute Gasteiger partial charge is 0.497 e. The molecule has 0 spiro atoms. The number of amides is 1. The molecule has 1 aromatic heterocycles. The number of hydrogen-bond donors (Lipinski definition) is 1. The molecule has 1 amide bonds. The number of hydrogen-bond acceptors (Lipinski definition) is 5. The Morgan fingerprint density at radius 3 is 2.64 bits per heavy atom. The quantitative estimate of drug-likeness (QED) is 0.738. The monoisotopic (exact) mass is 354 g/mol. The first-order valence-electron chi connectivity index (χ1n) is 7.66. The molecule has 0 saturated carbocycles. The van der Waals surface area contributed by atoms with Crippen molar-refractivity contribution in [2.75, 3.05) is 19.5 Å². The van der Waals surface area contributed by atoms with E-state index in [0.29, 0.717) is 22.7 Å². The molecule has 3 aromatic rings. The molecular weight excluding hydrogens is 336 g/mol. The van der Waals surface area contributed by atoms with Gasteiger partial charge in [-0.1, -0.05) is 12.1 Å². The van der Waals surface area contributed by atoms with Crippen LogP contribution in [0.5, 0.6) is 11.5 Å². The Labute approximate surface area is 150 Å². The molecule has 2 aromatic carbocycles. The van der Waals surface area contributed by atoms with E-state index in [1.54, 1.807) is 49.8 Å². The zero-order valence-corrected chi connectivity index (χ0v) is 15.0. The molecule has 0 aliphatic rings. The third kappa shape index (κ3) is 3.80. The standard InChI is InChI=1S/C19H18N2O3S/c1-12-11-25-19(20-12)14-6-4-5-13(9-14)18(22)21-16-8-7-15(23-2)10-17(16)24-3/h4-11H,1-3H3,(H,21,22). The zero-order chi connectivity index (χ0) is 17.8. The van der Waals surface area contributed by atoms with Gasteiger partial charge in [-0.15, -0.1) is 11.3 Å². The third-order valence-corrected chi connectivity index (χ3v) is 4.66. The summed E-state index contributed by atoms with van der Waals surface area (Å²) in [7, 11) is 3.13. The molecule has 0 radical (unpaired) electrons. The predicted octanol–water partition coefficient (Wildman–Crippen LogP) is 4.39. The van der Waals surface area contributed by atoms with Gasteiger partial charge in [0.25, 0.3) is 5.91 Å². The lowest BCUT2D eigenvalue weighted by Gasteiger charge is -2.12. The number of thiazole rings is 1. The van der Waals surface area contributed by atoms with Gasteiger partial charge in [-0.05, 0) is 31.2 Å². The van der Waals surface area contributed by atoms with E-state index in [0.717, 1.165) is 16.3 Å². The van der Waals surface area contributed by atoms with Gasteiger partial charge in [0.2, 0.25) is 0 Å². The van der Waals surface area contributed by atoms with E-state index in [-0.39, 0.29) is 5.91 Å². The van der Waals surface area contributed by atoms with Gasteiger partial charge in [0.05, 0.1) is 19.9 Å². The van der Waals surface area contributed by atoms with Crippen molar-refractivity contribution in [3.63, 3.8) is 0 Å². The molecular formula is C19H18N2O3S. The van der Waals surface area contributed by atoms with E-state index in [1.807, 2.05) is 30.5 Å². The van der Waals surface area contributed by atoms with Crippen molar-refractivity contribution in [1.29, 1.82) is 0 Å². The van der Waals surface area contributed by atoms with Gasteiger partial charge < -0.3 is 14.8 Å². The van der Waals surface area contributed by atoms with E-state index >= 15 is 0 Å². The first-order chi connectivity index (χ1) is 12.1. The van der Waals surface area contributed by atoms with Crippen LogP contribution in [0.15, 0.2) is 47.8 Å². The molecule has 6 heteroatoms. The van der Waals surface area contributed by atoms with Gasteiger partial charge in [0, 0.05) is 28.3 Å². The number of nitrogens with zero attached hydrogens (tertiary/aromatic N) is 1. The Morgan fingerprint density at radius 2 is 1.96 bits per heavy atom. The van der Waals surface area contributed by atoms with Crippen molar-refractivity contribution in [1.82, 2.24) is 4.98 Å². The Morgan fingerprint density at radius 1 is 1.12 bits per heavy atom. The number of methoxy groups -OCH3 is 2. The van der Waals surface area contributed by atoms with Crippen LogP contribution in [0.1, 0.15) is 16.1 Å². The van der Waals surface area contributed by atoms with Crippen molar-refractivity contribution < 1.29 is 14.3 Å². The van der Waals surface area contributed by atoms with Crippen LogP contribution in [0.25, 0.3) is 10.6 Å². The molecule has 0 saturated heterocycles. The lowest BCUT2D eigenvalue weighted by Crippen LogP contribution is -2.12. The smallest absolute Gasteiger partial charge is 0.255 e. The summed E-state index contributed by atoms with van der Waals surface area (Å²) < 4.78 is 10.5. The maximum absolute atomic E-state index is 12.6. The van der Waals surface area contributed by atoms with Crippen molar-refractivity contribution >= 4 is 22.9 Å². The fourth-order valence-corrected chi connectivity index (χ4v) is 3.17. The average molecular weight is 354 g/mol. The number of aromatic nitrogens is 1. The molecule has 0 atom stereocenters. The predicted molar refractivity (Wildman–Crippen MR) is 99.8 cm³/mol. The number of rotatable bonds is 5. The number of nitrogens with one attached hydrogen (secondary N) is 1. The maximum Gasteiger partial charge on any atom is 0.255 e. The molecule has 0 unspecified atom stereocenters. The minimum Gasteiger partial charge on any atom is -0.497 e. The first kappa shape index (κ1) is 17.0. The summed E-state index contributed by atoms with van der Waals surface area (Å²) in [4.78, 5) is 17.1. The van der Waals surface area contributed by atoms with Crippen LogP contribution in [-0.4, -0.2) is 25.1 Å². The van der Waals surface area contributed by atoms with Crippen molar-refractivity contribution in [3.8, 4) is 22.1 Å². The van der Waals surface area contributed by atoms with Gasteiger partial charge in [0.15, 0.2) is 0 Å². The summed E-state index contributed by atoms with van der Waals surface area (Å²) >= 11 is 1.56. The Kier molecular flexibility index (Phi) is 5.00. The second kappa shape index (κ2) is 7.36. The number of carbonyl (C=O) groups excluding carboxylic acids is 1. The SMILES string of the molecule is COc1ccc(NC(=O)c2cccc(-c3nc(C)cs3)c2)c(OC)c1. The first-order valence-corrected chi connectivity index (χ1v) is 8.54. The molecule has 1 N–H and O–H groups in total. The normalized spacial score (nSPS) is 10.4. The average Bonchev–Trinajstić information content (AvgIpc) is 3.08. The fourth-order valence-electron chi connectivity index (χ4n) is 2.38. The van der Waals surface area contributed by atoms with Crippen molar-refractivity contribution in [2.45, 2.75) is 6.92 Å². The molecule has 128 valence electrons. The Balaban J connectivity index is 1.84. The minimum atomic E-state index is -0.210. The van der Waals surface area contributed by atoms with E-state index in [1.165, 1.54) is 0 Å². The van der Waals surface area contributed by atoms with E-state index in [2.05, 4.69) is 10.3 Å². The molecule has 0 aliphatic heterocycles. The molecule has 3 rings (SSSR count). The van der Waals surface area contributed by atoms with Crippen molar-refractivity contribution in [2.24, 2.45) is 0 Å². The summed E-state index contributed by atoms with van der Waals surface area (Å²) in [5.74, 6) is 0.994. The van der Waals surface area contributed by atoms with E-state index < -0.39 is 0 Å². The van der Waals surface area contributed by atoms with Crippen LogP contribution < -0.4 is 14.8 Å². The number of carbonyl (C=O) groups is 1. The highest BCUT2D eigenvalue weighted by Gasteiger charge is 2.12. The second-order valence-corrected chi connectivity index (χ2v) is 6.25. The summed E-state index contributed by atoms with van der Waals surface area (Å²) in [6, 6.07) is 12.7. The molecule has 1 heterocycles. The summed E-state index contributed by atoms with van der Waals surface area (Å²) in [5.41, 5.74) is 3.04. The molecule has 0 bridgehead atoms. The van der Waals surface area contributed by atoms with Gasteiger partial charge >= 0.3 is 0 Å². The molecule has 0 aliphatic carbocycles. The summed E-state index contributed by atoms with van der Waals surface area (Å²) in [6.07, 6.45) is 0. The highest BCUT2D eigenvalue weighted by Crippen LogP contribution is 2.30. The Bertz CT molecular complexity index is 905. The molecule has 25 heavy (non-hydrogen) atoms. The van der Waals surface area contributed by atoms with Crippen LogP contribution in [0.4, 0.5) is 5.69 Å². The van der Waals surface area contributed by atoms with E-state index in [9.17, 15) is 4.79 Å². The van der Waals surface area contributed by atoms with Gasteiger partial charge in [0.1, 0.15) is 16.5 Å². The van der Waals surface area contributed by atoms with Crippen LogP contribution in [0, 0.1) is 6.92 Å². The fraction of sp³-hybridized carbons (Fsp3) is 0.158. The highest BCUT2D eigenvalue weighted by molar-refractivity contribution is 7.13. The minimum absolute atomic E-state index is 0.210. The number of aryl methyl sites for hydroxylation is 1. The van der Waals surface area contributed by atoms with Gasteiger partial charge in [-0.2, -0.15) is 0 Å². The lowest BCUT2D eigenvalue weighted by atomic mass is 10.1. The van der Waals surface area contributed by atoms with Crippen LogP contribution in [0.2, 0.25) is 0 Å².